The van der Waals surface area contributed by atoms with Crippen LogP contribution in [0.2, 0.25) is 10.0 Å². The van der Waals surface area contributed by atoms with E-state index in [0.29, 0.717) is 33.7 Å². The molecule has 0 unspecified atom stereocenters. The molecule has 0 fully saturated rings. The Morgan fingerprint density at radius 2 is 1.83 bits per heavy atom. The number of fused-ring (bicyclic) bond motifs is 3. The number of anilines is 1. The summed E-state index contributed by atoms with van der Waals surface area (Å²) in [5.41, 5.74) is 3.68. The van der Waals surface area contributed by atoms with E-state index in [1.54, 1.807) is 16.6 Å². The third-order valence-corrected chi connectivity index (χ3v) is 5.40. The summed E-state index contributed by atoms with van der Waals surface area (Å²) < 4.78 is 15.1. The zero-order valence-electron chi connectivity index (χ0n) is 15.5. The third-order valence-electron chi connectivity index (χ3n) is 4.81. The van der Waals surface area contributed by atoms with Crippen LogP contribution in [0.15, 0.2) is 66.7 Å². The molecule has 5 rings (SSSR count). The van der Waals surface area contributed by atoms with Crippen LogP contribution in [0.25, 0.3) is 27.8 Å². The van der Waals surface area contributed by atoms with Crippen molar-refractivity contribution < 1.29 is 4.39 Å². The zero-order chi connectivity index (χ0) is 20.7. The molecule has 0 atom stereocenters. The predicted octanol–water partition coefficient (Wildman–Crippen LogP) is 6.00. The summed E-state index contributed by atoms with van der Waals surface area (Å²) in [6, 6.07) is 19.5. The summed E-state index contributed by atoms with van der Waals surface area (Å²) in [4.78, 5) is 4.80. The van der Waals surface area contributed by atoms with Gasteiger partial charge in [0.1, 0.15) is 17.3 Å². The number of nitrogens with one attached hydrogen (secondary N) is 1. The first-order valence-corrected chi connectivity index (χ1v) is 9.93. The number of hydrogen-bond acceptors (Lipinski definition) is 4. The van der Waals surface area contributed by atoms with Gasteiger partial charge in [0.2, 0.25) is 0 Å². The smallest absolute Gasteiger partial charge is 0.186 e. The van der Waals surface area contributed by atoms with Gasteiger partial charge in [-0.05, 0) is 42.0 Å². The highest BCUT2D eigenvalue weighted by Crippen LogP contribution is 2.29. The van der Waals surface area contributed by atoms with Crippen molar-refractivity contribution in [1.82, 2.24) is 19.8 Å². The monoisotopic (exact) mass is 437 g/mol. The number of halogens is 3. The first-order valence-electron chi connectivity index (χ1n) is 9.18. The van der Waals surface area contributed by atoms with Gasteiger partial charge < -0.3 is 5.32 Å². The molecule has 3 aromatic carbocycles. The van der Waals surface area contributed by atoms with Crippen LogP contribution in [0, 0.1) is 5.82 Å². The fourth-order valence-electron chi connectivity index (χ4n) is 3.37. The quantitative estimate of drug-likeness (QED) is 0.374. The minimum Gasteiger partial charge on any atom is -0.365 e. The average Bonchev–Trinajstić information content (AvgIpc) is 3.17. The molecular formula is C22H14Cl2FN5. The molecule has 2 aromatic heterocycles. The van der Waals surface area contributed by atoms with E-state index in [0.717, 1.165) is 22.0 Å². The van der Waals surface area contributed by atoms with Gasteiger partial charge in [0.25, 0.3) is 0 Å². The summed E-state index contributed by atoms with van der Waals surface area (Å²) in [5, 5.41) is 13.8. The van der Waals surface area contributed by atoms with Crippen molar-refractivity contribution in [2.24, 2.45) is 0 Å². The lowest BCUT2D eigenvalue weighted by atomic mass is 10.1. The SMILES string of the molecule is Fc1ccc(CNc2nc3c(-c4cccc(Cl)c4)nnn3c3ccccc23)c(Cl)c1. The van der Waals surface area contributed by atoms with E-state index < -0.39 is 0 Å². The number of rotatable bonds is 4. The second-order valence-electron chi connectivity index (χ2n) is 6.75. The lowest BCUT2D eigenvalue weighted by Crippen LogP contribution is -2.05. The van der Waals surface area contributed by atoms with E-state index in [1.165, 1.54) is 12.1 Å². The molecule has 0 aliphatic rings. The van der Waals surface area contributed by atoms with Crippen LogP contribution in [0.5, 0.6) is 0 Å². The highest BCUT2D eigenvalue weighted by atomic mass is 35.5. The highest BCUT2D eigenvalue weighted by molar-refractivity contribution is 6.31. The molecule has 5 nitrogen and oxygen atoms in total. The Morgan fingerprint density at radius 3 is 2.67 bits per heavy atom. The summed E-state index contributed by atoms with van der Waals surface area (Å²) in [6.45, 7) is 0.389. The van der Waals surface area contributed by atoms with Crippen molar-refractivity contribution in [3.05, 3.63) is 88.2 Å². The van der Waals surface area contributed by atoms with Crippen LogP contribution in [-0.4, -0.2) is 19.8 Å². The molecule has 0 spiro atoms. The van der Waals surface area contributed by atoms with Crippen LogP contribution in [0.4, 0.5) is 10.2 Å². The molecule has 0 saturated heterocycles. The van der Waals surface area contributed by atoms with Crippen LogP contribution in [-0.2, 0) is 6.54 Å². The Labute approximate surface area is 181 Å². The van der Waals surface area contributed by atoms with Gasteiger partial charge in [0.05, 0.1) is 5.52 Å². The summed E-state index contributed by atoms with van der Waals surface area (Å²) in [5.74, 6) is 0.286. The van der Waals surface area contributed by atoms with E-state index in [1.807, 2.05) is 42.5 Å². The van der Waals surface area contributed by atoms with Crippen molar-refractivity contribution in [2.75, 3.05) is 5.32 Å². The molecule has 30 heavy (non-hydrogen) atoms. The molecule has 8 heteroatoms. The lowest BCUT2D eigenvalue weighted by molar-refractivity contribution is 0.627. The van der Waals surface area contributed by atoms with E-state index in [9.17, 15) is 4.39 Å². The molecule has 0 amide bonds. The third kappa shape index (κ3) is 3.34. The van der Waals surface area contributed by atoms with Gasteiger partial charge in [0.15, 0.2) is 5.65 Å². The predicted molar refractivity (Wildman–Crippen MR) is 117 cm³/mol. The van der Waals surface area contributed by atoms with Crippen LogP contribution < -0.4 is 5.32 Å². The molecule has 1 N–H and O–H groups in total. The van der Waals surface area contributed by atoms with Crippen LogP contribution in [0.3, 0.4) is 0 Å². The van der Waals surface area contributed by atoms with Gasteiger partial charge in [-0.25, -0.2) is 9.37 Å². The molecule has 0 saturated carbocycles. The number of nitrogens with zero attached hydrogens (tertiary/aromatic N) is 4. The Balaban J connectivity index is 1.63. The first kappa shape index (κ1) is 18.8. The molecule has 0 aliphatic carbocycles. The second kappa shape index (κ2) is 7.55. The molecule has 0 radical (unpaired) electrons. The van der Waals surface area contributed by atoms with Gasteiger partial charge in [-0.3, -0.25) is 0 Å². The van der Waals surface area contributed by atoms with E-state index in [4.69, 9.17) is 28.2 Å². The van der Waals surface area contributed by atoms with E-state index >= 15 is 0 Å². The number of benzene rings is 3. The van der Waals surface area contributed by atoms with Crippen molar-refractivity contribution in [2.45, 2.75) is 6.54 Å². The number of hydrogen-bond donors (Lipinski definition) is 1. The van der Waals surface area contributed by atoms with Gasteiger partial charge >= 0.3 is 0 Å². The molecular weight excluding hydrogens is 424 g/mol. The maximum Gasteiger partial charge on any atom is 0.186 e. The van der Waals surface area contributed by atoms with Gasteiger partial charge in [-0.2, -0.15) is 4.52 Å². The van der Waals surface area contributed by atoms with Crippen molar-refractivity contribution in [3.8, 4) is 11.3 Å². The minimum atomic E-state index is -0.370. The molecule has 0 bridgehead atoms. The van der Waals surface area contributed by atoms with Gasteiger partial charge in [-0.15, -0.1) is 5.10 Å². The van der Waals surface area contributed by atoms with Crippen molar-refractivity contribution in [1.29, 1.82) is 0 Å². The Morgan fingerprint density at radius 1 is 0.967 bits per heavy atom. The largest absolute Gasteiger partial charge is 0.365 e. The molecule has 0 aliphatic heterocycles. The topological polar surface area (TPSA) is 55.1 Å². The van der Waals surface area contributed by atoms with Crippen molar-refractivity contribution in [3.63, 3.8) is 0 Å². The maximum atomic E-state index is 13.3. The first-order chi connectivity index (χ1) is 14.6. The second-order valence-corrected chi connectivity index (χ2v) is 7.59. The number of aromatic nitrogens is 4. The Bertz CT molecular complexity index is 1400. The average molecular weight is 438 g/mol. The van der Waals surface area contributed by atoms with E-state index in [2.05, 4.69) is 15.6 Å². The standard InChI is InChI=1S/C22H14Cl2FN5/c23-15-5-3-4-13(10-15)20-22-27-21(26-12-14-8-9-16(25)11-18(14)24)17-6-1-2-7-19(17)30(22)29-28-20/h1-11H,12H2,(H,26,27). The molecule has 2 heterocycles. The van der Waals surface area contributed by atoms with Crippen LogP contribution >= 0.6 is 23.2 Å². The minimum absolute atomic E-state index is 0.360. The van der Waals surface area contributed by atoms with Crippen molar-refractivity contribution >= 4 is 45.6 Å². The summed E-state index contributed by atoms with van der Waals surface area (Å²) >= 11 is 12.3. The fraction of sp³-hybridized carbons (Fsp3) is 0.0455. The van der Waals surface area contributed by atoms with Gasteiger partial charge in [-0.1, -0.05) is 58.7 Å². The molecule has 5 aromatic rings. The van der Waals surface area contributed by atoms with Gasteiger partial charge in [0, 0.05) is 27.5 Å². The zero-order valence-corrected chi connectivity index (χ0v) is 17.0. The normalized spacial score (nSPS) is 11.3. The summed E-state index contributed by atoms with van der Waals surface area (Å²) in [6.07, 6.45) is 0. The fourth-order valence-corrected chi connectivity index (χ4v) is 3.79. The lowest BCUT2D eigenvalue weighted by Gasteiger charge is -2.11. The van der Waals surface area contributed by atoms with E-state index in [-0.39, 0.29) is 5.82 Å². The summed E-state index contributed by atoms with van der Waals surface area (Å²) in [7, 11) is 0. The Kier molecular flexibility index (Phi) is 4.73. The maximum absolute atomic E-state index is 13.3. The Hall–Kier alpha value is -3.22. The highest BCUT2D eigenvalue weighted by Gasteiger charge is 2.16. The molecule has 148 valence electrons. The van der Waals surface area contributed by atoms with Crippen LogP contribution in [0.1, 0.15) is 5.56 Å². The number of para-hydroxylation sites is 1.